The number of rotatable bonds is 6. The van der Waals surface area contributed by atoms with Crippen molar-refractivity contribution < 1.29 is 25.9 Å². The third-order valence-corrected chi connectivity index (χ3v) is 6.04. The highest BCUT2D eigenvalue weighted by atomic mass is 32.2. The van der Waals surface area contributed by atoms with E-state index in [0.717, 1.165) is 0 Å². The standard InChI is InChI=1S/C18H14N6O6S2/c25-31(26,27)13-8-6-11(7-9-13)14-10-19-20-16(14)21-22-17-15(12-4-2-1-3-5-12)18(24-23-17)32(28,29)30/h1-10H,(H,19,20)(H,23,24)(H,25,26,27)(H,28,29,30). The smallest absolute Gasteiger partial charge is 0.282 e. The highest BCUT2D eigenvalue weighted by Gasteiger charge is 2.24. The zero-order chi connectivity index (χ0) is 22.9. The number of hydrogen-bond donors (Lipinski definition) is 4. The number of aromatic amines is 2. The van der Waals surface area contributed by atoms with Gasteiger partial charge in [-0.15, -0.1) is 10.2 Å². The van der Waals surface area contributed by atoms with Crippen LogP contribution in [0, 0.1) is 0 Å². The minimum absolute atomic E-state index is 0.0374. The number of H-pyrrole nitrogens is 2. The molecule has 0 radical (unpaired) electrons. The van der Waals surface area contributed by atoms with Gasteiger partial charge in [-0.25, -0.2) is 0 Å². The topological polar surface area (TPSA) is 191 Å². The Labute approximate surface area is 181 Å². The predicted octanol–water partition coefficient (Wildman–Crippen LogP) is 3.38. The lowest BCUT2D eigenvalue weighted by Crippen LogP contribution is -2.00. The summed E-state index contributed by atoms with van der Waals surface area (Å²) in [6, 6.07) is 13.7. The lowest BCUT2D eigenvalue weighted by Gasteiger charge is -2.02. The molecule has 0 unspecified atom stereocenters. The third-order valence-electron chi connectivity index (χ3n) is 4.36. The second-order valence-corrected chi connectivity index (χ2v) is 9.20. The van der Waals surface area contributed by atoms with Crippen molar-refractivity contribution in [2.24, 2.45) is 10.2 Å². The largest absolute Gasteiger partial charge is 0.312 e. The Morgan fingerprint density at radius 2 is 1.47 bits per heavy atom. The average Bonchev–Trinajstić information content (AvgIpc) is 3.39. The van der Waals surface area contributed by atoms with E-state index in [-0.39, 0.29) is 22.1 Å². The van der Waals surface area contributed by atoms with Crippen LogP contribution in [-0.4, -0.2) is 46.3 Å². The minimum atomic E-state index is -4.61. The van der Waals surface area contributed by atoms with Gasteiger partial charge in [0.15, 0.2) is 10.8 Å². The molecule has 0 aliphatic heterocycles. The molecular formula is C18H14N6O6S2. The molecule has 164 valence electrons. The summed E-state index contributed by atoms with van der Waals surface area (Å²) in [5.41, 5.74) is 1.47. The molecule has 0 saturated heterocycles. The fourth-order valence-corrected chi connectivity index (χ4v) is 4.02. The molecular weight excluding hydrogens is 460 g/mol. The Morgan fingerprint density at radius 1 is 0.781 bits per heavy atom. The summed E-state index contributed by atoms with van der Waals surface area (Å²) in [5, 5.41) is 20.2. The maximum Gasteiger partial charge on any atom is 0.312 e. The van der Waals surface area contributed by atoms with Crippen molar-refractivity contribution in [2.45, 2.75) is 9.92 Å². The molecule has 12 nitrogen and oxygen atoms in total. The molecule has 32 heavy (non-hydrogen) atoms. The first kappa shape index (κ1) is 21.5. The number of aromatic nitrogens is 4. The molecule has 0 saturated carbocycles. The predicted molar refractivity (Wildman–Crippen MR) is 112 cm³/mol. The molecule has 2 aromatic heterocycles. The third kappa shape index (κ3) is 4.33. The van der Waals surface area contributed by atoms with E-state index in [1.54, 1.807) is 30.3 Å². The van der Waals surface area contributed by atoms with Gasteiger partial charge in [0.05, 0.1) is 16.7 Å². The van der Waals surface area contributed by atoms with Gasteiger partial charge in [0.25, 0.3) is 10.1 Å². The molecule has 14 heteroatoms. The zero-order valence-corrected chi connectivity index (χ0v) is 17.5. The number of benzene rings is 2. The van der Waals surface area contributed by atoms with Crippen molar-refractivity contribution in [3.63, 3.8) is 0 Å². The zero-order valence-electron chi connectivity index (χ0n) is 15.9. The van der Waals surface area contributed by atoms with Gasteiger partial charge in [0.2, 0.25) is 5.82 Å². The van der Waals surface area contributed by atoms with Crippen LogP contribution in [0.3, 0.4) is 0 Å². The SMILES string of the molecule is O=S(=O)(O)c1ccc(-c2cn[nH]c2N=Nc2n[nH]c(S(=O)(=O)O)c2-c2ccccc2)cc1. The molecule has 0 amide bonds. The van der Waals surface area contributed by atoms with Crippen LogP contribution in [0.25, 0.3) is 22.3 Å². The van der Waals surface area contributed by atoms with E-state index < -0.39 is 25.3 Å². The van der Waals surface area contributed by atoms with Crippen LogP contribution in [0.1, 0.15) is 0 Å². The summed E-state index contributed by atoms with van der Waals surface area (Å²) in [6.45, 7) is 0. The van der Waals surface area contributed by atoms with E-state index in [1.165, 1.54) is 30.5 Å². The van der Waals surface area contributed by atoms with Crippen LogP contribution in [0.4, 0.5) is 11.6 Å². The molecule has 0 atom stereocenters. The molecule has 0 spiro atoms. The fraction of sp³-hybridized carbons (Fsp3) is 0. The Morgan fingerprint density at radius 3 is 2.09 bits per heavy atom. The van der Waals surface area contributed by atoms with Gasteiger partial charge in [-0.1, -0.05) is 42.5 Å². The van der Waals surface area contributed by atoms with Gasteiger partial charge in [-0.05, 0) is 23.3 Å². The van der Waals surface area contributed by atoms with Gasteiger partial charge >= 0.3 is 10.1 Å². The summed E-state index contributed by atoms with van der Waals surface area (Å²) < 4.78 is 64.5. The highest BCUT2D eigenvalue weighted by Crippen LogP contribution is 2.36. The summed E-state index contributed by atoms with van der Waals surface area (Å²) in [7, 11) is -8.94. The van der Waals surface area contributed by atoms with Crippen LogP contribution in [0.2, 0.25) is 0 Å². The lowest BCUT2D eigenvalue weighted by molar-refractivity contribution is 0.478. The quantitative estimate of drug-likeness (QED) is 0.241. The Bertz CT molecular complexity index is 1510. The maximum absolute atomic E-state index is 11.7. The van der Waals surface area contributed by atoms with Gasteiger partial charge in [-0.3, -0.25) is 19.3 Å². The molecule has 0 aliphatic rings. The van der Waals surface area contributed by atoms with E-state index in [1.807, 2.05) is 0 Å². The van der Waals surface area contributed by atoms with Crippen molar-refractivity contribution in [1.82, 2.24) is 20.4 Å². The second kappa shape index (κ2) is 8.08. The van der Waals surface area contributed by atoms with E-state index in [9.17, 15) is 21.4 Å². The van der Waals surface area contributed by atoms with Gasteiger partial charge in [0, 0.05) is 5.56 Å². The first-order valence-corrected chi connectivity index (χ1v) is 11.7. The number of nitrogens with zero attached hydrogens (tertiary/aromatic N) is 4. The summed E-state index contributed by atoms with van der Waals surface area (Å²) in [6.07, 6.45) is 1.43. The molecule has 2 aromatic carbocycles. The number of azo groups is 1. The molecule has 2 heterocycles. The second-order valence-electron chi connectivity index (χ2n) is 6.42. The van der Waals surface area contributed by atoms with Crippen molar-refractivity contribution in [2.75, 3.05) is 0 Å². The Kier molecular flexibility index (Phi) is 5.43. The minimum Gasteiger partial charge on any atom is -0.282 e. The van der Waals surface area contributed by atoms with E-state index in [4.69, 9.17) is 4.55 Å². The van der Waals surface area contributed by atoms with Crippen molar-refractivity contribution in [1.29, 1.82) is 0 Å². The van der Waals surface area contributed by atoms with E-state index in [2.05, 4.69) is 30.6 Å². The molecule has 0 fully saturated rings. The number of nitrogens with one attached hydrogen (secondary N) is 2. The maximum atomic E-state index is 11.7. The van der Waals surface area contributed by atoms with Crippen molar-refractivity contribution >= 4 is 31.9 Å². The first-order valence-electron chi connectivity index (χ1n) is 8.79. The van der Waals surface area contributed by atoms with E-state index in [0.29, 0.717) is 16.7 Å². The van der Waals surface area contributed by atoms with E-state index >= 15 is 0 Å². The Balaban J connectivity index is 1.74. The van der Waals surface area contributed by atoms with Crippen LogP contribution >= 0.6 is 0 Å². The normalized spacial score (nSPS) is 12.4. The fourth-order valence-electron chi connectivity index (χ4n) is 2.91. The van der Waals surface area contributed by atoms with Crippen LogP contribution < -0.4 is 0 Å². The van der Waals surface area contributed by atoms with Gasteiger partial charge in [-0.2, -0.15) is 27.0 Å². The van der Waals surface area contributed by atoms with Crippen LogP contribution in [-0.2, 0) is 20.2 Å². The molecule has 4 N–H and O–H groups in total. The lowest BCUT2D eigenvalue weighted by atomic mass is 10.1. The van der Waals surface area contributed by atoms with Gasteiger partial charge < -0.3 is 0 Å². The molecule has 4 aromatic rings. The monoisotopic (exact) mass is 474 g/mol. The Hall–Kier alpha value is -3.72. The number of hydrogen-bond acceptors (Lipinski definition) is 8. The molecule has 4 rings (SSSR count). The van der Waals surface area contributed by atoms with Crippen LogP contribution in [0.5, 0.6) is 0 Å². The summed E-state index contributed by atoms with van der Waals surface area (Å²) >= 11 is 0. The van der Waals surface area contributed by atoms with Gasteiger partial charge in [0.1, 0.15) is 0 Å². The van der Waals surface area contributed by atoms with Crippen molar-refractivity contribution in [3.05, 3.63) is 60.8 Å². The van der Waals surface area contributed by atoms with Crippen molar-refractivity contribution in [3.8, 4) is 22.3 Å². The average molecular weight is 474 g/mol. The molecule has 0 bridgehead atoms. The van der Waals surface area contributed by atoms with Crippen LogP contribution in [0.15, 0.2) is 80.9 Å². The first-order chi connectivity index (χ1) is 15.1. The highest BCUT2D eigenvalue weighted by molar-refractivity contribution is 7.86. The summed E-state index contributed by atoms with van der Waals surface area (Å²) in [5.74, 6) is 0.0890. The molecule has 0 aliphatic carbocycles. The summed E-state index contributed by atoms with van der Waals surface area (Å²) in [4.78, 5) is -0.269.